The molecule has 1 unspecified atom stereocenters. The van der Waals surface area contributed by atoms with Gasteiger partial charge in [0.2, 0.25) is 0 Å². The predicted octanol–water partition coefficient (Wildman–Crippen LogP) is 2.25. The van der Waals surface area contributed by atoms with Crippen molar-refractivity contribution in [3.63, 3.8) is 0 Å². The summed E-state index contributed by atoms with van der Waals surface area (Å²) in [5, 5.41) is 0. The van der Waals surface area contributed by atoms with Gasteiger partial charge in [-0.2, -0.15) is 0 Å². The van der Waals surface area contributed by atoms with Gasteiger partial charge in [0.15, 0.2) is 0 Å². The minimum absolute atomic E-state index is 0.251. The second-order valence-corrected chi connectivity index (χ2v) is 5.64. The molecule has 2 aromatic rings. The van der Waals surface area contributed by atoms with Crippen LogP contribution in [0.25, 0.3) is 11.3 Å². The number of anilines is 1. The number of nitrogens with two attached hydrogens (primary N) is 2. The van der Waals surface area contributed by atoms with Crippen molar-refractivity contribution < 1.29 is 0 Å². The van der Waals surface area contributed by atoms with Gasteiger partial charge in [-0.05, 0) is 43.5 Å². The molecule has 1 aliphatic rings. The molecule has 4 nitrogen and oxygen atoms in total. The Morgan fingerprint density at radius 3 is 2.62 bits per heavy atom. The third-order valence-corrected chi connectivity index (χ3v) is 4.12. The van der Waals surface area contributed by atoms with E-state index in [2.05, 4.69) is 34.1 Å². The minimum Gasteiger partial charge on any atom is -0.384 e. The third kappa shape index (κ3) is 3.40. The maximum absolute atomic E-state index is 6.06. The first-order valence-electron chi connectivity index (χ1n) is 7.54. The molecule has 1 atom stereocenters. The summed E-state index contributed by atoms with van der Waals surface area (Å²) in [6.45, 7) is 2.17. The lowest BCUT2D eigenvalue weighted by Gasteiger charge is -2.20. The molecule has 0 bridgehead atoms. The molecular weight excluding hydrogens is 260 g/mol. The van der Waals surface area contributed by atoms with Crippen LogP contribution in [0.4, 0.5) is 5.82 Å². The highest BCUT2D eigenvalue weighted by atomic mass is 15.2. The monoisotopic (exact) mass is 282 g/mol. The highest BCUT2D eigenvalue weighted by Crippen LogP contribution is 2.19. The second kappa shape index (κ2) is 6.24. The Morgan fingerprint density at radius 2 is 1.95 bits per heavy atom. The summed E-state index contributed by atoms with van der Waals surface area (Å²) in [4.78, 5) is 6.71. The Kier molecular flexibility index (Phi) is 4.18. The van der Waals surface area contributed by atoms with Gasteiger partial charge in [0.25, 0.3) is 0 Å². The fraction of sp³-hybridized carbons (Fsp3) is 0.353. The largest absolute Gasteiger partial charge is 0.384 e. The molecule has 1 saturated heterocycles. The van der Waals surface area contributed by atoms with Crippen molar-refractivity contribution >= 4 is 5.82 Å². The van der Waals surface area contributed by atoms with E-state index in [4.69, 9.17) is 11.5 Å². The summed E-state index contributed by atoms with van der Waals surface area (Å²) < 4.78 is 0. The first-order valence-corrected chi connectivity index (χ1v) is 7.54. The van der Waals surface area contributed by atoms with Gasteiger partial charge in [-0.15, -0.1) is 0 Å². The van der Waals surface area contributed by atoms with Gasteiger partial charge in [-0.1, -0.05) is 30.3 Å². The first kappa shape index (κ1) is 14.0. The molecular formula is C17H22N4. The summed E-state index contributed by atoms with van der Waals surface area (Å²) in [6, 6.07) is 14.3. The van der Waals surface area contributed by atoms with Gasteiger partial charge < -0.3 is 11.5 Å². The van der Waals surface area contributed by atoms with E-state index in [1.54, 1.807) is 6.07 Å². The standard InChI is InChI=1S/C17H22N4/c18-16-4-1-3-15(20-16)14-8-6-13(7-9-14)10-12-21-11-2-5-17(21)19/h1,3-4,6-9,17H,2,5,10-12,19H2,(H2,18,20). The van der Waals surface area contributed by atoms with E-state index >= 15 is 0 Å². The average Bonchev–Trinajstić information content (AvgIpc) is 2.91. The lowest BCUT2D eigenvalue weighted by atomic mass is 10.1. The maximum Gasteiger partial charge on any atom is 0.124 e. The van der Waals surface area contributed by atoms with Crippen LogP contribution < -0.4 is 11.5 Å². The van der Waals surface area contributed by atoms with Gasteiger partial charge in [0, 0.05) is 12.1 Å². The molecule has 0 amide bonds. The molecule has 2 heterocycles. The van der Waals surface area contributed by atoms with Crippen LogP contribution in [0.3, 0.4) is 0 Å². The van der Waals surface area contributed by atoms with E-state index in [0.29, 0.717) is 5.82 Å². The highest BCUT2D eigenvalue weighted by molar-refractivity contribution is 5.61. The topological polar surface area (TPSA) is 68.2 Å². The van der Waals surface area contributed by atoms with Crippen LogP contribution in [-0.4, -0.2) is 29.1 Å². The Morgan fingerprint density at radius 1 is 1.14 bits per heavy atom. The summed E-state index contributed by atoms with van der Waals surface area (Å²) in [7, 11) is 0. The van der Waals surface area contributed by atoms with Gasteiger partial charge in [0.1, 0.15) is 5.82 Å². The predicted molar refractivity (Wildman–Crippen MR) is 86.6 cm³/mol. The van der Waals surface area contributed by atoms with E-state index in [-0.39, 0.29) is 6.17 Å². The SMILES string of the molecule is Nc1cccc(-c2ccc(CCN3CCCC3N)cc2)n1. The van der Waals surface area contributed by atoms with Crippen molar-refractivity contribution in [2.75, 3.05) is 18.8 Å². The number of nitrogen functional groups attached to an aromatic ring is 1. The molecule has 3 rings (SSSR count). The molecule has 1 aromatic heterocycles. The van der Waals surface area contributed by atoms with E-state index in [1.807, 2.05) is 12.1 Å². The van der Waals surface area contributed by atoms with Crippen molar-refractivity contribution in [1.82, 2.24) is 9.88 Å². The van der Waals surface area contributed by atoms with Crippen LogP contribution in [-0.2, 0) is 6.42 Å². The number of benzene rings is 1. The number of nitrogens with zero attached hydrogens (tertiary/aromatic N) is 2. The number of aromatic nitrogens is 1. The quantitative estimate of drug-likeness (QED) is 0.902. The second-order valence-electron chi connectivity index (χ2n) is 5.64. The summed E-state index contributed by atoms with van der Waals surface area (Å²) in [5.74, 6) is 0.555. The molecule has 110 valence electrons. The number of rotatable bonds is 4. The highest BCUT2D eigenvalue weighted by Gasteiger charge is 2.19. The van der Waals surface area contributed by atoms with Crippen LogP contribution >= 0.6 is 0 Å². The van der Waals surface area contributed by atoms with E-state index in [1.165, 1.54) is 12.0 Å². The van der Waals surface area contributed by atoms with Crippen molar-refractivity contribution in [2.45, 2.75) is 25.4 Å². The molecule has 1 aliphatic heterocycles. The molecule has 1 fully saturated rings. The minimum atomic E-state index is 0.251. The number of pyridine rings is 1. The van der Waals surface area contributed by atoms with Crippen molar-refractivity contribution in [3.05, 3.63) is 48.0 Å². The van der Waals surface area contributed by atoms with Gasteiger partial charge in [0.05, 0.1) is 11.9 Å². The number of hydrogen-bond donors (Lipinski definition) is 2. The lowest BCUT2D eigenvalue weighted by Crippen LogP contribution is -2.37. The van der Waals surface area contributed by atoms with Gasteiger partial charge in [-0.3, -0.25) is 4.90 Å². The van der Waals surface area contributed by atoms with Crippen LogP contribution in [0.15, 0.2) is 42.5 Å². The summed E-state index contributed by atoms with van der Waals surface area (Å²) in [5.41, 5.74) is 15.1. The average molecular weight is 282 g/mol. The van der Waals surface area contributed by atoms with Gasteiger partial charge >= 0.3 is 0 Å². The Balaban J connectivity index is 1.64. The molecule has 0 radical (unpaired) electrons. The van der Waals surface area contributed by atoms with E-state index in [0.717, 1.165) is 37.2 Å². The van der Waals surface area contributed by atoms with Crippen LogP contribution in [0.2, 0.25) is 0 Å². The van der Waals surface area contributed by atoms with Gasteiger partial charge in [-0.25, -0.2) is 4.98 Å². The molecule has 4 N–H and O–H groups in total. The van der Waals surface area contributed by atoms with Crippen LogP contribution in [0.1, 0.15) is 18.4 Å². The maximum atomic E-state index is 6.06. The Labute approximate surface area is 125 Å². The molecule has 21 heavy (non-hydrogen) atoms. The Bertz CT molecular complexity index is 594. The summed E-state index contributed by atoms with van der Waals surface area (Å²) in [6.07, 6.45) is 3.64. The zero-order valence-electron chi connectivity index (χ0n) is 12.2. The molecule has 1 aromatic carbocycles. The third-order valence-electron chi connectivity index (χ3n) is 4.12. The molecule has 0 saturated carbocycles. The van der Waals surface area contributed by atoms with E-state index < -0.39 is 0 Å². The van der Waals surface area contributed by atoms with Crippen LogP contribution in [0, 0.1) is 0 Å². The normalized spacial score (nSPS) is 19.0. The Hall–Kier alpha value is -1.91. The fourth-order valence-corrected chi connectivity index (χ4v) is 2.86. The number of likely N-dealkylation sites (tertiary alicyclic amines) is 1. The first-order chi connectivity index (χ1) is 10.2. The van der Waals surface area contributed by atoms with Crippen molar-refractivity contribution in [1.29, 1.82) is 0 Å². The number of hydrogen-bond acceptors (Lipinski definition) is 4. The van der Waals surface area contributed by atoms with Crippen molar-refractivity contribution in [2.24, 2.45) is 5.73 Å². The molecule has 0 aliphatic carbocycles. The molecule has 4 heteroatoms. The van der Waals surface area contributed by atoms with Crippen LogP contribution in [0.5, 0.6) is 0 Å². The van der Waals surface area contributed by atoms with Crippen molar-refractivity contribution in [3.8, 4) is 11.3 Å². The smallest absolute Gasteiger partial charge is 0.124 e. The summed E-state index contributed by atoms with van der Waals surface area (Å²) >= 11 is 0. The van der Waals surface area contributed by atoms with E-state index in [9.17, 15) is 0 Å². The zero-order chi connectivity index (χ0) is 14.7. The fourth-order valence-electron chi connectivity index (χ4n) is 2.86. The molecule has 0 spiro atoms. The zero-order valence-corrected chi connectivity index (χ0v) is 12.2. The lowest BCUT2D eigenvalue weighted by molar-refractivity contribution is 0.262.